The summed E-state index contributed by atoms with van der Waals surface area (Å²) in [5, 5.41) is 0.892. The molecule has 4 rings (SSSR count). The van der Waals surface area contributed by atoms with Crippen molar-refractivity contribution >= 4 is 35.1 Å². The monoisotopic (exact) mass is 493 g/mol. The lowest BCUT2D eigenvalue weighted by Crippen LogP contribution is -2.48. The van der Waals surface area contributed by atoms with Crippen molar-refractivity contribution < 1.29 is 18.7 Å². The molecule has 3 amide bonds. The van der Waals surface area contributed by atoms with E-state index in [1.807, 2.05) is 12.1 Å². The van der Waals surface area contributed by atoms with E-state index in [0.29, 0.717) is 49.4 Å². The smallest absolute Gasteiger partial charge is 0.320 e. The van der Waals surface area contributed by atoms with Crippen LogP contribution in [-0.2, 0) is 16.0 Å². The molecule has 0 saturated carbocycles. The van der Waals surface area contributed by atoms with Crippen molar-refractivity contribution in [1.29, 1.82) is 0 Å². The summed E-state index contributed by atoms with van der Waals surface area (Å²) < 4.78 is 18.6. The minimum absolute atomic E-state index is 0.0507. The number of amides is 3. The summed E-state index contributed by atoms with van der Waals surface area (Å²) in [6, 6.07) is 11.1. The molecule has 0 bridgehead atoms. The third-order valence-electron chi connectivity index (χ3n) is 6.37. The Labute approximate surface area is 202 Å². The predicted molar refractivity (Wildman–Crippen MR) is 125 cm³/mol. The summed E-state index contributed by atoms with van der Waals surface area (Å²) >= 11 is 12.4. The fourth-order valence-electron chi connectivity index (χ4n) is 4.45. The fourth-order valence-corrected chi connectivity index (χ4v) is 4.75. The normalized spacial score (nSPS) is 20.7. The van der Waals surface area contributed by atoms with Crippen molar-refractivity contribution in [3.8, 4) is 0 Å². The Kier molecular flexibility index (Phi) is 7.41. The summed E-state index contributed by atoms with van der Waals surface area (Å²) in [5.74, 6) is -0.559. The Hall–Kier alpha value is -2.35. The maximum atomic E-state index is 13.2. The van der Waals surface area contributed by atoms with Crippen LogP contribution in [0, 0.1) is 5.82 Å². The first kappa shape index (κ1) is 23.8. The molecule has 0 aliphatic carbocycles. The largest absolute Gasteiger partial charge is 0.378 e. The van der Waals surface area contributed by atoms with Crippen LogP contribution >= 0.6 is 23.2 Å². The molecule has 0 spiro atoms. The minimum atomic E-state index is -0.340. The van der Waals surface area contributed by atoms with Gasteiger partial charge >= 0.3 is 6.03 Å². The molecular weight excluding hydrogens is 468 g/mol. The highest BCUT2D eigenvalue weighted by Gasteiger charge is 2.41. The molecule has 2 atom stereocenters. The van der Waals surface area contributed by atoms with Crippen LogP contribution in [-0.4, -0.2) is 79.1 Å². The topological polar surface area (TPSA) is 53.1 Å². The number of hydrogen-bond acceptors (Lipinski definition) is 3. The maximum Gasteiger partial charge on any atom is 0.320 e. The summed E-state index contributed by atoms with van der Waals surface area (Å²) in [5.41, 5.74) is 1.66. The van der Waals surface area contributed by atoms with Gasteiger partial charge in [0.25, 0.3) is 0 Å². The van der Waals surface area contributed by atoms with Gasteiger partial charge in [0, 0.05) is 39.1 Å². The number of carbonyl (C=O) groups excluding carboxylic acids is 2. The zero-order valence-corrected chi connectivity index (χ0v) is 19.9. The van der Waals surface area contributed by atoms with Crippen LogP contribution in [0.25, 0.3) is 0 Å². The summed E-state index contributed by atoms with van der Waals surface area (Å²) in [4.78, 5) is 31.6. The number of urea groups is 1. The van der Waals surface area contributed by atoms with Crippen LogP contribution < -0.4 is 0 Å². The van der Waals surface area contributed by atoms with E-state index in [1.165, 1.54) is 12.1 Å². The quantitative estimate of drug-likeness (QED) is 0.645. The molecule has 9 heteroatoms. The predicted octanol–water partition coefficient (Wildman–Crippen LogP) is 4.05. The van der Waals surface area contributed by atoms with Crippen molar-refractivity contribution in [1.82, 2.24) is 14.7 Å². The van der Waals surface area contributed by atoms with E-state index in [9.17, 15) is 14.0 Å². The average Bonchev–Trinajstić information content (AvgIpc) is 3.27. The standard InChI is InChI=1S/C24H26Cl2FN3O3/c1-28(23(31)12-16-2-5-18(27)6-3-16)22-15-30(24(32)29-8-10-33-11-9-29)14-19(22)17-4-7-20(25)21(26)13-17/h2-7,13,19,22H,8-12,14-15H2,1H3/t19-,22?/m1/s1. The first-order valence-electron chi connectivity index (χ1n) is 10.9. The van der Waals surface area contributed by atoms with Gasteiger partial charge in [0.05, 0.1) is 35.7 Å². The Morgan fingerprint density at radius 3 is 2.39 bits per heavy atom. The minimum Gasteiger partial charge on any atom is -0.378 e. The number of likely N-dealkylation sites (N-methyl/N-ethyl adjacent to an activating group) is 1. The molecule has 2 heterocycles. The van der Waals surface area contributed by atoms with Crippen LogP contribution in [0.2, 0.25) is 10.0 Å². The zero-order valence-electron chi connectivity index (χ0n) is 18.3. The number of likely N-dealkylation sites (tertiary alicyclic amines) is 1. The second-order valence-corrected chi connectivity index (χ2v) is 9.26. The molecule has 2 fully saturated rings. The van der Waals surface area contributed by atoms with E-state index in [0.717, 1.165) is 11.1 Å². The maximum absolute atomic E-state index is 13.2. The Bertz CT molecular complexity index is 1010. The van der Waals surface area contributed by atoms with Crippen molar-refractivity contribution in [2.24, 2.45) is 0 Å². The van der Waals surface area contributed by atoms with Crippen molar-refractivity contribution in [3.05, 3.63) is 69.5 Å². The molecule has 2 aliphatic rings. The Morgan fingerprint density at radius 1 is 1.03 bits per heavy atom. The van der Waals surface area contributed by atoms with E-state index >= 15 is 0 Å². The summed E-state index contributed by atoms with van der Waals surface area (Å²) in [7, 11) is 1.75. The highest BCUT2D eigenvalue weighted by Crippen LogP contribution is 2.35. The highest BCUT2D eigenvalue weighted by atomic mass is 35.5. The van der Waals surface area contributed by atoms with Crippen LogP contribution in [0.15, 0.2) is 42.5 Å². The number of ether oxygens (including phenoxy) is 1. The first-order valence-corrected chi connectivity index (χ1v) is 11.7. The van der Waals surface area contributed by atoms with E-state index in [4.69, 9.17) is 27.9 Å². The van der Waals surface area contributed by atoms with Gasteiger partial charge < -0.3 is 19.4 Å². The van der Waals surface area contributed by atoms with Gasteiger partial charge in [-0.3, -0.25) is 4.79 Å². The molecule has 0 radical (unpaired) electrons. The van der Waals surface area contributed by atoms with E-state index in [-0.39, 0.29) is 36.1 Å². The molecule has 33 heavy (non-hydrogen) atoms. The lowest BCUT2D eigenvalue weighted by atomic mass is 9.93. The average molecular weight is 494 g/mol. The molecule has 176 valence electrons. The van der Waals surface area contributed by atoms with Crippen molar-refractivity contribution in [2.45, 2.75) is 18.4 Å². The van der Waals surface area contributed by atoms with E-state index < -0.39 is 0 Å². The van der Waals surface area contributed by atoms with Gasteiger partial charge in [-0.05, 0) is 35.4 Å². The van der Waals surface area contributed by atoms with Gasteiger partial charge in [-0.1, -0.05) is 41.4 Å². The molecule has 2 aliphatic heterocycles. The van der Waals surface area contributed by atoms with Crippen molar-refractivity contribution in [2.75, 3.05) is 46.4 Å². The number of benzene rings is 2. The summed E-state index contributed by atoms with van der Waals surface area (Å²) in [6.45, 7) is 3.03. The molecule has 6 nitrogen and oxygen atoms in total. The second-order valence-electron chi connectivity index (χ2n) is 8.44. The van der Waals surface area contributed by atoms with Gasteiger partial charge in [-0.15, -0.1) is 0 Å². The molecule has 1 unspecified atom stereocenters. The zero-order chi connectivity index (χ0) is 23.5. The Balaban J connectivity index is 1.55. The number of carbonyl (C=O) groups is 2. The molecule has 0 aromatic heterocycles. The molecule has 0 N–H and O–H groups in total. The number of halogens is 3. The fraction of sp³-hybridized carbons (Fsp3) is 0.417. The van der Waals surface area contributed by atoms with E-state index in [1.54, 1.807) is 39.9 Å². The van der Waals surface area contributed by atoms with Crippen molar-refractivity contribution in [3.63, 3.8) is 0 Å². The van der Waals surface area contributed by atoms with Crippen LogP contribution in [0.5, 0.6) is 0 Å². The number of rotatable bonds is 4. The van der Waals surface area contributed by atoms with Gasteiger partial charge in [0.1, 0.15) is 5.82 Å². The molecule has 2 saturated heterocycles. The highest BCUT2D eigenvalue weighted by molar-refractivity contribution is 6.42. The SMILES string of the molecule is CN(C(=O)Cc1ccc(F)cc1)C1CN(C(=O)N2CCOCC2)C[C@@H]1c1ccc(Cl)c(Cl)c1. The van der Waals surface area contributed by atoms with E-state index in [2.05, 4.69) is 0 Å². The number of nitrogens with zero attached hydrogens (tertiary/aromatic N) is 3. The molecular formula is C24H26Cl2FN3O3. The first-order chi connectivity index (χ1) is 15.8. The Morgan fingerprint density at radius 2 is 1.73 bits per heavy atom. The van der Waals surface area contributed by atoms with Gasteiger partial charge in [-0.25, -0.2) is 9.18 Å². The number of morpholine rings is 1. The van der Waals surface area contributed by atoms with Gasteiger partial charge in [0.15, 0.2) is 0 Å². The van der Waals surface area contributed by atoms with Crippen LogP contribution in [0.1, 0.15) is 17.0 Å². The second kappa shape index (κ2) is 10.3. The molecule has 2 aromatic carbocycles. The van der Waals surface area contributed by atoms with Gasteiger partial charge in [0.2, 0.25) is 5.91 Å². The third kappa shape index (κ3) is 5.42. The van der Waals surface area contributed by atoms with Gasteiger partial charge in [-0.2, -0.15) is 0 Å². The lowest BCUT2D eigenvalue weighted by molar-refractivity contribution is -0.131. The number of hydrogen-bond donors (Lipinski definition) is 0. The van der Waals surface area contributed by atoms with Crippen LogP contribution in [0.3, 0.4) is 0 Å². The molecule has 2 aromatic rings. The van der Waals surface area contributed by atoms with Crippen LogP contribution in [0.4, 0.5) is 9.18 Å². The lowest BCUT2D eigenvalue weighted by Gasteiger charge is -2.31. The third-order valence-corrected chi connectivity index (χ3v) is 7.11. The summed E-state index contributed by atoms with van der Waals surface area (Å²) in [6.07, 6.45) is 0.152.